The van der Waals surface area contributed by atoms with Gasteiger partial charge in [0.1, 0.15) is 10.8 Å². The Hall–Kier alpha value is -1.92. The van der Waals surface area contributed by atoms with Crippen molar-refractivity contribution in [1.82, 2.24) is 9.78 Å². The van der Waals surface area contributed by atoms with Crippen LogP contribution in [0.2, 0.25) is 5.02 Å². The van der Waals surface area contributed by atoms with Gasteiger partial charge in [-0.2, -0.15) is 13.9 Å². The average molecular weight is 505 g/mol. The molecule has 2 aromatic rings. The summed E-state index contributed by atoms with van der Waals surface area (Å²) in [5.74, 6) is -0.572. The maximum Gasteiger partial charge on any atom is 0.525 e. The average Bonchev–Trinajstić information content (AvgIpc) is 2.63. The first kappa shape index (κ1) is 26.3. The van der Waals surface area contributed by atoms with Gasteiger partial charge in [-0.15, -0.1) is 24.9 Å². The zero-order chi connectivity index (χ0) is 24.5. The first-order valence-electron chi connectivity index (χ1n) is 9.01. The number of alkyl halides is 6. The Kier molecular flexibility index (Phi) is 7.83. The number of rotatable bonds is 7. The van der Waals surface area contributed by atoms with E-state index < -0.39 is 35.7 Å². The van der Waals surface area contributed by atoms with Crippen LogP contribution in [0, 0.1) is 0 Å². The van der Waals surface area contributed by atoms with Crippen LogP contribution >= 0.6 is 23.4 Å². The number of hydrogen-bond donors (Lipinski definition) is 0. The van der Waals surface area contributed by atoms with Gasteiger partial charge in [-0.3, -0.25) is 4.79 Å². The van der Waals surface area contributed by atoms with Crippen molar-refractivity contribution in [1.29, 1.82) is 0 Å². The largest absolute Gasteiger partial charge is 0.525 e. The molecule has 0 N–H and O–H groups in total. The smallest absolute Gasteiger partial charge is 0.429 e. The van der Waals surface area contributed by atoms with Gasteiger partial charge in [0.05, 0.1) is 16.6 Å². The van der Waals surface area contributed by atoms with Crippen LogP contribution < -0.4 is 10.3 Å². The molecule has 0 saturated carbocycles. The fraction of sp³-hybridized carbons (Fsp3) is 0.474. The van der Waals surface area contributed by atoms with E-state index in [1.54, 1.807) is 27.7 Å². The second-order valence-electron chi connectivity index (χ2n) is 7.58. The van der Waals surface area contributed by atoms with E-state index in [9.17, 15) is 31.1 Å². The monoisotopic (exact) mass is 504 g/mol. The number of nitrogens with zero attached hydrogens (tertiary/aromatic N) is 2. The van der Waals surface area contributed by atoms with Crippen LogP contribution in [0.4, 0.5) is 26.3 Å². The van der Waals surface area contributed by atoms with Crippen molar-refractivity contribution < 1.29 is 35.8 Å². The van der Waals surface area contributed by atoms with E-state index in [1.807, 2.05) is 0 Å². The molecule has 2 unspecified atom stereocenters. The Bertz CT molecular complexity index is 993. The molecule has 13 heteroatoms. The summed E-state index contributed by atoms with van der Waals surface area (Å²) in [6.07, 6.45) is -13.1. The molecule has 0 amide bonds. The van der Waals surface area contributed by atoms with E-state index in [-0.39, 0.29) is 10.3 Å². The maximum atomic E-state index is 13.5. The molecule has 0 bridgehead atoms. The normalized spacial score (nSPS) is 14.8. The van der Waals surface area contributed by atoms with Crippen molar-refractivity contribution in [2.75, 3.05) is 0 Å². The Morgan fingerprint density at radius 3 is 2.16 bits per heavy atom. The molecule has 0 radical (unpaired) electrons. The van der Waals surface area contributed by atoms with Crippen molar-refractivity contribution in [3.63, 3.8) is 0 Å². The van der Waals surface area contributed by atoms with E-state index in [2.05, 4.69) is 14.6 Å². The van der Waals surface area contributed by atoms with Crippen molar-refractivity contribution in [3.8, 4) is 5.75 Å². The Balaban J connectivity index is 2.12. The van der Waals surface area contributed by atoms with Crippen molar-refractivity contribution in [2.45, 2.75) is 62.2 Å². The van der Waals surface area contributed by atoms with Gasteiger partial charge in [0.2, 0.25) is 0 Å². The standard InChI is InChI=1S/C19H19ClF6N2O3S/c1-10(32-13-9-27-28(17(2,3)4)15(29)14(13)20)11-5-7-12(8-6-11)30-18(22,23)16(21)31-19(24,25)26/h5-10,16H,1-4H3. The lowest BCUT2D eigenvalue weighted by atomic mass is 10.1. The Morgan fingerprint density at radius 2 is 1.66 bits per heavy atom. The summed E-state index contributed by atoms with van der Waals surface area (Å²) >= 11 is 7.37. The highest BCUT2D eigenvalue weighted by Gasteiger charge is 2.50. The van der Waals surface area contributed by atoms with Crippen LogP contribution in [-0.2, 0) is 10.3 Å². The molecule has 0 aliphatic heterocycles. The first-order chi connectivity index (χ1) is 14.5. The molecule has 0 fully saturated rings. The van der Waals surface area contributed by atoms with Gasteiger partial charge in [0, 0.05) is 5.25 Å². The zero-order valence-electron chi connectivity index (χ0n) is 17.2. The van der Waals surface area contributed by atoms with Crippen LogP contribution in [0.25, 0.3) is 0 Å². The molecule has 1 aromatic carbocycles. The van der Waals surface area contributed by atoms with E-state index in [4.69, 9.17) is 11.6 Å². The molecule has 1 heterocycles. The van der Waals surface area contributed by atoms with E-state index in [1.165, 1.54) is 34.8 Å². The quantitative estimate of drug-likeness (QED) is 0.327. The molecule has 0 aliphatic carbocycles. The molecule has 32 heavy (non-hydrogen) atoms. The van der Waals surface area contributed by atoms with Crippen LogP contribution in [-0.4, -0.2) is 28.6 Å². The minimum absolute atomic E-state index is 0.0231. The van der Waals surface area contributed by atoms with Gasteiger partial charge in [-0.25, -0.2) is 13.8 Å². The summed E-state index contributed by atoms with van der Waals surface area (Å²) in [6.45, 7) is 7.12. The van der Waals surface area contributed by atoms with Crippen molar-refractivity contribution in [3.05, 3.63) is 51.4 Å². The van der Waals surface area contributed by atoms with Crippen LogP contribution in [0.15, 0.2) is 40.2 Å². The molecule has 0 aliphatic rings. The highest BCUT2D eigenvalue weighted by Crippen LogP contribution is 2.38. The molecular weight excluding hydrogens is 486 g/mol. The molecule has 2 rings (SSSR count). The molecule has 2 atom stereocenters. The fourth-order valence-corrected chi connectivity index (χ4v) is 3.67. The minimum atomic E-state index is -5.59. The SMILES string of the molecule is CC(Sc1cnn(C(C)(C)C)c(=O)c1Cl)c1ccc(OC(F)(F)C(F)OC(F)(F)F)cc1. The number of halogens is 7. The highest BCUT2D eigenvalue weighted by atomic mass is 35.5. The van der Waals surface area contributed by atoms with Crippen molar-refractivity contribution in [2.24, 2.45) is 0 Å². The van der Waals surface area contributed by atoms with E-state index in [0.717, 1.165) is 12.1 Å². The third-order valence-corrected chi connectivity index (χ3v) is 5.60. The van der Waals surface area contributed by atoms with Gasteiger partial charge in [-0.05, 0) is 45.4 Å². The summed E-state index contributed by atoms with van der Waals surface area (Å²) < 4.78 is 83.9. The molecular formula is C19H19ClF6N2O3S. The molecule has 1 aromatic heterocycles. The molecule has 0 spiro atoms. The van der Waals surface area contributed by atoms with Crippen LogP contribution in [0.1, 0.15) is 38.5 Å². The highest BCUT2D eigenvalue weighted by molar-refractivity contribution is 7.99. The van der Waals surface area contributed by atoms with Gasteiger partial charge in [0.15, 0.2) is 0 Å². The predicted octanol–water partition coefficient (Wildman–Crippen LogP) is 6.31. The van der Waals surface area contributed by atoms with Crippen molar-refractivity contribution >= 4 is 23.4 Å². The maximum absolute atomic E-state index is 13.5. The lowest BCUT2D eigenvalue weighted by Crippen LogP contribution is -2.41. The van der Waals surface area contributed by atoms with Gasteiger partial charge in [0.25, 0.3) is 5.56 Å². The molecule has 0 saturated heterocycles. The second kappa shape index (κ2) is 9.52. The Morgan fingerprint density at radius 1 is 1.09 bits per heavy atom. The number of thioether (sulfide) groups is 1. The third kappa shape index (κ3) is 6.79. The summed E-state index contributed by atoms with van der Waals surface area (Å²) in [5, 5.41) is 3.78. The van der Waals surface area contributed by atoms with Gasteiger partial charge in [-0.1, -0.05) is 23.7 Å². The third-order valence-electron chi connectivity index (χ3n) is 3.93. The fourth-order valence-electron chi connectivity index (χ4n) is 2.43. The number of aromatic nitrogens is 2. The van der Waals surface area contributed by atoms with Crippen LogP contribution in [0.3, 0.4) is 0 Å². The predicted molar refractivity (Wildman–Crippen MR) is 107 cm³/mol. The Labute approximate surface area is 188 Å². The first-order valence-corrected chi connectivity index (χ1v) is 10.3. The summed E-state index contributed by atoms with van der Waals surface area (Å²) in [4.78, 5) is 12.8. The van der Waals surface area contributed by atoms with E-state index >= 15 is 0 Å². The summed E-state index contributed by atoms with van der Waals surface area (Å²) in [6, 6.07) is 4.80. The van der Waals surface area contributed by atoms with Crippen LogP contribution in [0.5, 0.6) is 5.75 Å². The molecule has 5 nitrogen and oxygen atoms in total. The number of benzene rings is 1. The molecule has 178 valence electrons. The topological polar surface area (TPSA) is 53.4 Å². The van der Waals surface area contributed by atoms with Gasteiger partial charge < -0.3 is 4.74 Å². The summed E-state index contributed by atoms with van der Waals surface area (Å²) in [7, 11) is 0. The number of hydrogen-bond acceptors (Lipinski definition) is 5. The number of ether oxygens (including phenoxy) is 2. The zero-order valence-corrected chi connectivity index (χ0v) is 18.8. The summed E-state index contributed by atoms with van der Waals surface area (Å²) in [5.41, 5.74) is -0.453. The lowest BCUT2D eigenvalue weighted by Gasteiger charge is -2.22. The minimum Gasteiger partial charge on any atom is -0.429 e. The second-order valence-corrected chi connectivity index (χ2v) is 9.34. The lowest BCUT2D eigenvalue weighted by molar-refractivity contribution is -0.411. The van der Waals surface area contributed by atoms with Gasteiger partial charge >= 0.3 is 18.8 Å². The van der Waals surface area contributed by atoms with E-state index in [0.29, 0.717) is 10.5 Å².